The second-order valence-corrected chi connectivity index (χ2v) is 6.12. The van der Waals surface area contributed by atoms with E-state index in [9.17, 15) is 19.1 Å². The van der Waals surface area contributed by atoms with Crippen LogP contribution in [0.5, 0.6) is 0 Å². The number of pyridine rings is 1. The first-order valence-electron chi connectivity index (χ1n) is 7.94. The van der Waals surface area contributed by atoms with Crippen LogP contribution in [-0.4, -0.2) is 21.7 Å². The molecule has 0 aliphatic carbocycles. The monoisotopic (exact) mass is 347 g/mol. The second kappa shape index (κ2) is 7.94. The van der Waals surface area contributed by atoms with Gasteiger partial charge >= 0.3 is 6.03 Å². The van der Waals surface area contributed by atoms with Gasteiger partial charge in [-0.1, -0.05) is 12.1 Å². The molecule has 1 heterocycles. The van der Waals surface area contributed by atoms with E-state index in [1.807, 2.05) is 0 Å². The van der Waals surface area contributed by atoms with Crippen molar-refractivity contribution in [3.05, 3.63) is 63.8 Å². The fourth-order valence-electron chi connectivity index (χ4n) is 2.45. The van der Waals surface area contributed by atoms with E-state index in [2.05, 4.69) is 10.6 Å². The molecule has 0 aliphatic rings. The van der Waals surface area contributed by atoms with Crippen molar-refractivity contribution in [1.29, 1.82) is 0 Å². The van der Waals surface area contributed by atoms with Crippen molar-refractivity contribution < 1.29 is 14.3 Å². The number of hydrogen-bond acceptors (Lipinski definition) is 3. The van der Waals surface area contributed by atoms with Crippen molar-refractivity contribution in [3.63, 3.8) is 0 Å². The Morgan fingerprint density at radius 1 is 1.32 bits per heavy atom. The van der Waals surface area contributed by atoms with Gasteiger partial charge in [0.15, 0.2) is 0 Å². The average molecular weight is 347 g/mol. The zero-order valence-corrected chi connectivity index (χ0v) is 14.4. The Morgan fingerprint density at radius 2 is 1.96 bits per heavy atom. The molecule has 25 heavy (non-hydrogen) atoms. The molecule has 2 rings (SSSR count). The highest BCUT2D eigenvalue weighted by Gasteiger charge is 2.15. The van der Waals surface area contributed by atoms with Crippen LogP contribution in [0.15, 0.2) is 41.3 Å². The summed E-state index contributed by atoms with van der Waals surface area (Å²) in [5, 5.41) is 15.6. The molecule has 6 nitrogen and oxygen atoms in total. The van der Waals surface area contributed by atoms with E-state index in [4.69, 9.17) is 0 Å². The number of nitrogens with one attached hydrogen (secondary N) is 2. The number of nitrogens with zero attached hydrogens (tertiary/aromatic N) is 1. The van der Waals surface area contributed by atoms with Crippen LogP contribution < -0.4 is 16.2 Å². The number of aromatic nitrogens is 1. The number of rotatable bonds is 5. The van der Waals surface area contributed by atoms with Crippen molar-refractivity contribution in [3.8, 4) is 0 Å². The van der Waals surface area contributed by atoms with Crippen molar-refractivity contribution in [1.82, 2.24) is 9.88 Å². The van der Waals surface area contributed by atoms with Gasteiger partial charge in [-0.2, -0.15) is 0 Å². The fourth-order valence-corrected chi connectivity index (χ4v) is 2.45. The zero-order valence-electron chi connectivity index (χ0n) is 14.4. The van der Waals surface area contributed by atoms with Gasteiger partial charge < -0.3 is 20.3 Å². The number of halogens is 1. The molecular weight excluding hydrogens is 325 g/mol. The zero-order chi connectivity index (χ0) is 18.6. The molecule has 2 unspecified atom stereocenters. The quantitative estimate of drug-likeness (QED) is 0.777. The van der Waals surface area contributed by atoms with Gasteiger partial charge in [-0.25, -0.2) is 9.18 Å². The smallest absolute Gasteiger partial charge is 0.319 e. The lowest BCUT2D eigenvalue weighted by molar-refractivity contribution is 0.155. The lowest BCUT2D eigenvalue weighted by atomic mass is 10.0. The predicted octanol–water partition coefficient (Wildman–Crippen LogP) is 2.47. The number of aryl methyl sites for hydroxylation is 2. The van der Waals surface area contributed by atoms with Crippen LogP contribution in [0, 0.1) is 12.7 Å². The molecule has 1 aromatic heterocycles. The lowest BCUT2D eigenvalue weighted by Crippen LogP contribution is -2.37. The Labute approximate surface area is 145 Å². The molecule has 0 saturated carbocycles. The maximum Gasteiger partial charge on any atom is 0.319 e. The number of benzene rings is 1. The van der Waals surface area contributed by atoms with Crippen LogP contribution in [0.2, 0.25) is 0 Å². The highest BCUT2D eigenvalue weighted by molar-refractivity contribution is 5.90. The van der Waals surface area contributed by atoms with Gasteiger partial charge in [-0.05, 0) is 43.5 Å². The third-order valence-electron chi connectivity index (χ3n) is 3.89. The molecule has 0 fully saturated rings. The summed E-state index contributed by atoms with van der Waals surface area (Å²) in [5.41, 5.74) is 1.63. The maximum atomic E-state index is 12.9. The van der Waals surface area contributed by atoms with Crippen LogP contribution >= 0.6 is 0 Å². The topological polar surface area (TPSA) is 83.4 Å². The number of aliphatic hydroxyl groups excluding tert-OH is 1. The minimum atomic E-state index is -0.810. The van der Waals surface area contributed by atoms with Gasteiger partial charge in [-0.3, -0.25) is 4.79 Å². The largest absolute Gasteiger partial charge is 0.388 e. The van der Waals surface area contributed by atoms with Crippen LogP contribution in [-0.2, 0) is 7.05 Å². The van der Waals surface area contributed by atoms with Gasteiger partial charge in [0.05, 0.1) is 11.8 Å². The SMILES string of the molecule is Cc1cc(=O)n(C)cc1NC(=O)NC(C)CC(O)c1ccc(F)cc1. The Hall–Kier alpha value is -2.67. The first kappa shape index (κ1) is 18.7. The number of amides is 2. The lowest BCUT2D eigenvalue weighted by Gasteiger charge is -2.19. The molecule has 134 valence electrons. The molecule has 0 radical (unpaired) electrons. The van der Waals surface area contributed by atoms with Gasteiger partial charge in [0.1, 0.15) is 5.82 Å². The molecule has 0 aliphatic heterocycles. The molecular formula is C18H22FN3O3. The molecule has 3 N–H and O–H groups in total. The van der Waals surface area contributed by atoms with Gasteiger partial charge in [0, 0.05) is 25.4 Å². The van der Waals surface area contributed by atoms with Crippen LogP contribution in [0.3, 0.4) is 0 Å². The van der Waals surface area contributed by atoms with E-state index in [-0.39, 0.29) is 23.8 Å². The molecule has 0 saturated heterocycles. The van der Waals surface area contributed by atoms with E-state index in [1.165, 1.54) is 34.9 Å². The van der Waals surface area contributed by atoms with E-state index in [1.54, 1.807) is 27.1 Å². The molecule has 7 heteroatoms. The molecule has 2 aromatic rings. The van der Waals surface area contributed by atoms with Crippen LogP contribution in [0.1, 0.15) is 30.6 Å². The van der Waals surface area contributed by atoms with Gasteiger partial charge in [0.25, 0.3) is 5.56 Å². The average Bonchev–Trinajstić information content (AvgIpc) is 2.52. The van der Waals surface area contributed by atoms with Crippen LogP contribution in [0.4, 0.5) is 14.9 Å². The summed E-state index contributed by atoms with van der Waals surface area (Å²) in [6.07, 6.45) is 1.02. The summed E-state index contributed by atoms with van der Waals surface area (Å²) in [7, 11) is 1.60. The third kappa shape index (κ3) is 5.15. The number of aliphatic hydroxyl groups is 1. The predicted molar refractivity (Wildman–Crippen MR) is 94.0 cm³/mol. The van der Waals surface area contributed by atoms with Crippen molar-refractivity contribution >= 4 is 11.7 Å². The molecule has 2 atom stereocenters. The van der Waals surface area contributed by atoms with E-state index in [0.29, 0.717) is 16.8 Å². The summed E-state index contributed by atoms with van der Waals surface area (Å²) >= 11 is 0. The molecule has 0 spiro atoms. The van der Waals surface area contributed by atoms with Crippen molar-refractivity contribution in [2.24, 2.45) is 7.05 Å². The summed E-state index contributed by atoms with van der Waals surface area (Å²) in [4.78, 5) is 23.6. The summed E-state index contributed by atoms with van der Waals surface area (Å²) in [6, 6.07) is 6.30. The second-order valence-electron chi connectivity index (χ2n) is 6.12. The first-order chi connectivity index (χ1) is 11.8. The molecule has 1 aromatic carbocycles. The Balaban J connectivity index is 1.92. The fraction of sp³-hybridized carbons (Fsp3) is 0.333. The normalized spacial score (nSPS) is 13.2. The highest BCUT2D eigenvalue weighted by atomic mass is 19.1. The van der Waals surface area contributed by atoms with E-state index in [0.717, 1.165) is 0 Å². The van der Waals surface area contributed by atoms with E-state index < -0.39 is 12.1 Å². The Bertz CT molecular complexity index is 802. The third-order valence-corrected chi connectivity index (χ3v) is 3.89. The number of urea groups is 1. The maximum absolute atomic E-state index is 12.9. The van der Waals surface area contributed by atoms with Crippen molar-refractivity contribution in [2.75, 3.05) is 5.32 Å². The summed E-state index contributed by atoms with van der Waals surface area (Å²) in [5.74, 6) is -0.367. The van der Waals surface area contributed by atoms with Gasteiger partial charge in [-0.15, -0.1) is 0 Å². The molecule has 0 bridgehead atoms. The van der Waals surface area contributed by atoms with Crippen molar-refractivity contribution in [2.45, 2.75) is 32.4 Å². The number of hydrogen-bond donors (Lipinski definition) is 3. The minimum Gasteiger partial charge on any atom is -0.388 e. The molecule has 2 amide bonds. The summed E-state index contributed by atoms with van der Waals surface area (Å²) < 4.78 is 14.3. The number of carbonyl (C=O) groups excluding carboxylic acids is 1. The Morgan fingerprint density at radius 3 is 2.60 bits per heavy atom. The standard InChI is InChI=1S/C18H22FN3O3/c1-11-8-17(24)22(3)10-15(11)21-18(25)20-12(2)9-16(23)13-4-6-14(19)7-5-13/h4-8,10,12,16,23H,9H2,1-3H3,(H2,20,21,25). The highest BCUT2D eigenvalue weighted by Crippen LogP contribution is 2.18. The minimum absolute atomic E-state index is 0.153. The number of carbonyl (C=O) groups is 1. The summed E-state index contributed by atoms with van der Waals surface area (Å²) in [6.45, 7) is 3.50. The van der Waals surface area contributed by atoms with Crippen LogP contribution in [0.25, 0.3) is 0 Å². The number of anilines is 1. The first-order valence-corrected chi connectivity index (χ1v) is 7.94. The Kier molecular flexibility index (Phi) is 5.93. The van der Waals surface area contributed by atoms with Gasteiger partial charge in [0.2, 0.25) is 0 Å². The van der Waals surface area contributed by atoms with E-state index >= 15 is 0 Å².